The van der Waals surface area contributed by atoms with Gasteiger partial charge in [-0.05, 0) is 13.8 Å². The zero-order chi connectivity index (χ0) is 8.15. The van der Waals surface area contributed by atoms with Gasteiger partial charge in [0.2, 0.25) is 5.91 Å². The molecule has 10 heavy (non-hydrogen) atoms. The molecule has 58 valence electrons. The Morgan fingerprint density at radius 1 is 1.70 bits per heavy atom. The van der Waals surface area contributed by atoms with E-state index in [1.165, 1.54) is 5.20 Å². The summed E-state index contributed by atoms with van der Waals surface area (Å²) < 4.78 is 0. The second-order valence-corrected chi connectivity index (χ2v) is 5.39. The quantitative estimate of drug-likeness (QED) is 0.591. The molecular weight excluding hydrogens is 142 g/mol. The highest BCUT2D eigenvalue weighted by Crippen LogP contribution is 2.04. The molecule has 0 saturated heterocycles. The zero-order valence-corrected chi connectivity index (χ0v) is 8.26. The van der Waals surface area contributed by atoms with Gasteiger partial charge in [-0.25, -0.2) is 0 Å². The van der Waals surface area contributed by atoms with Crippen molar-refractivity contribution in [2.45, 2.75) is 26.3 Å². The predicted octanol–water partition coefficient (Wildman–Crippen LogP) is 0.373. The number of amides is 1. The Hall–Kier alpha value is -0.573. The van der Waals surface area contributed by atoms with Crippen molar-refractivity contribution in [3.8, 4) is 0 Å². The van der Waals surface area contributed by atoms with Gasteiger partial charge in [0.25, 0.3) is 0 Å². The van der Waals surface area contributed by atoms with Crippen molar-refractivity contribution < 1.29 is 4.79 Å². The monoisotopic (exact) mass is 157 g/mol. The summed E-state index contributed by atoms with van der Waals surface area (Å²) in [6.07, 6.45) is 2.06. The minimum Gasteiger partial charge on any atom is -0.370 e. The Morgan fingerprint density at radius 3 is 2.50 bits per heavy atom. The Labute approximate surface area is 64.3 Å². The van der Waals surface area contributed by atoms with E-state index in [1.807, 2.05) is 13.8 Å². The van der Waals surface area contributed by atoms with Gasteiger partial charge in [0.15, 0.2) is 0 Å². The number of nitrogens with two attached hydrogens (primary N) is 1. The largest absolute Gasteiger partial charge is 0.370 e. The molecule has 0 aromatic rings. The SMILES string of the molecule is CC=C(C)[SiH2]C(C)C(N)=O. The summed E-state index contributed by atoms with van der Waals surface area (Å²) in [4.78, 5) is 10.6. The fourth-order valence-corrected chi connectivity index (χ4v) is 2.10. The zero-order valence-electron chi connectivity index (χ0n) is 6.85. The molecule has 0 aliphatic heterocycles. The van der Waals surface area contributed by atoms with Gasteiger partial charge in [0.1, 0.15) is 0 Å². The first-order valence-corrected chi connectivity index (χ1v) is 5.01. The van der Waals surface area contributed by atoms with E-state index in [1.54, 1.807) is 0 Å². The predicted molar refractivity (Wildman–Crippen MR) is 46.6 cm³/mol. The van der Waals surface area contributed by atoms with Crippen LogP contribution in [0.2, 0.25) is 5.54 Å². The topological polar surface area (TPSA) is 43.1 Å². The third-order valence-electron chi connectivity index (χ3n) is 1.61. The number of hydrogen-bond acceptors (Lipinski definition) is 1. The molecule has 2 N–H and O–H groups in total. The maximum atomic E-state index is 10.6. The highest BCUT2D eigenvalue weighted by atomic mass is 28.2. The molecule has 0 aliphatic carbocycles. The lowest BCUT2D eigenvalue weighted by molar-refractivity contribution is -0.117. The number of carbonyl (C=O) groups is 1. The maximum Gasteiger partial charge on any atom is 0.217 e. The number of hydrogen-bond donors (Lipinski definition) is 1. The molecule has 0 fully saturated rings. The summed E-state index contributed by atoms with van der Waals surface area (Å²) in [5.74, 6) is -0.159. The van der Waals surface area contributed by atoms with Gasteiger partial charge in [0, 0.05) is 5.54 Å². The summed E-state index contributed by atoms with van der Waals surface area (Å²) in [6, 6.07) is 0. The van der Waals surface area contributed by atoms with Gasteiger partial charge in [-0.15, -0.1) is 0 Å². The molecule has 0 saturated carbocycles. The van der Waals surface area contributed by atoms with Gasteiger partial charge in [-0.1, -0.05) is 18.2 Å². The van der Waals surface area contributed by atoms with Crippen LogP contribution in [-0.2, 0) is 4.79 Å². The number of carbonyl (C=O) groups excluding carboxylic acids is 1. The number of rotatable bonds is 3. The van der Waals surface area contributed by atoms with Crippen molar-refractivity contribution in [3.63, 3.8) is 0 Å². The van der Waals surface area contributed by atoms with Crippen molar-refractivity contribution in [1.82, 2.24) is 0 Å². The minimum atomic E-state index is -0.401. The third-order valence-corrected chi connectivity index (χ3v) is 3.67. The van der Waals surface area contributed by atoms with Crippen molar-refractivity contribution in [2.24, 2.45) is 5.73 Å². The third kappa shape index (κ3) is 3.45. The van der Waals surface area contributed by atoms with Crippen LogP contribution in [0.25, 0.3) is 0 Å². The maximum absolute atomic E-state index is 10.6. The summed E-state index contributed by atoms with van der Waals surface area (Å²) >= 11 is 0. The molecule has 1 atom stereocenters. The van der Waals surface area contributed by atoms with Crippen LogP contribution in [0.3, 0.4) is 0 Å². The second-order valence-electron chi connectivity index (χ2n) is 2.64. The van der Waals surface area contributed by atoms with Crippen LogP contribution in [0.5, 0.6) is 0 Å². The van der Waals surface area contributed by atoms with Gasteiger partial charge < -0.3 is 5.73 Å². The first-order chi connectivity index (χ1) is 4.57. The first-order valence-electron chi connectivity index (χ1n) is 3.49. The fourth-order valence-electron chi connectivity index (χ4n) is 0.701. The van der Waals surface area contributed by atoms with Crippen LogP contribution >= 0.6 is 0 Å². The molecule has 0 heterocycles. The molecule has 0 rings (SSSR count). The number of primary amides is 1. The summed E-state index contributed by atoms with van der Waals surface area (Å²) in [5.41, 5.74) is 5.22. The van der Waals surface area contributed by atoms with Gasteiger partial charge in [-0.2, -0.15) is 0 Å². The Morgan fingerprint density at radius 2 is 2.20 bits per heavy atom. The summed E-state index contributed by atoms with van der Waals surface area (Å²) in [5, 5.41) is 1.35. The van der Waals surface area contributed by atoms with Crippen molar-refractivity contribution in [3.05, 3.63) is 11.3 Å². The lowest BCUT2D eigenvalue weighted by Crippen LogP contribution is -2.21. The van der Waals surface area contributed by atoms with Crippen LogP contribution in [0.4, 0.5) is 0 Å². The highest BCUT2D eigenvalue weighted by molar-refractivity contribution is 6.51. The van der Waals surface area contributed by atoms with E-state index in [9.17, 15) is 4.79 Å². The van der Waals surface area contributed by atoms with E-state index in [0.29, 0.717) is 0 Å². The van der Waals surface area contributed by atoms with E-state index >= 15 is 0 Å². The van der Waals surface area contributed by atoms with Crippen LogP contribution < -0.4 is 5.73 Å². The molecule has 0 radical (unpaired) electrons. The molecule has 0 aromatic carbocycles. The average Bonchev–Trinajstić information content (AvgIpc) is 1.87. The molecule has 0 bridgehead atoms. The van der Waals surface area contributed by atoms with E-state index < -0.39 is 9.52 Å². The summed E-state index contributed by atoms with van der Waals surface area (Å²) in [7, 11) is -0.401. The molecule has 1 unspecified atom stereocenters. The Bertz CT molecular complexity index is 154. The van der Waals surface area contributed by atoms with Crippen molar-refractivity contribution in [2.75, 3.05) is 0 Å². The molecule has 0 aliphatic rings. The normalized spacial score (nSPS) is 16.1. The van der Waals surface area contributed by atoms with Crippen LogP contribution in [-0.4, -0.2) is 15.4 Å². The van der Waals surface area contributed by atoms with Gasteiger partial charge >= 0.3 is 0 Å². The highest BCUT2D eigenvalue weighted by Gasteiger charge is 2.08. The lowest BCUT2D eigenvalue weighted by Gasteiger charge is -2.04. The van der Waals surface area contributed by atoms with Crippen LogP contribution in [0.1, 0.15) is 20.8 Å². The minimum absolute atomic E-state index is 0.108. The lowest BCUT2D eigenvalue weighted by atomic mass is 10.5. The van der Waals surface area contributed by atoms with E-state index in [4.69, 9.17) is 5.73 Å². The fraction of sp³-hybridized carbons (Fsp3) is 0.571. The van der Waals surface area contributed by atoms with Crippen molar-refractivity contribution >= 4 is 15.4 Å². The molecular formula is C7H15NOSi. The first kappa shape index (κ1) is 9.43. The molecule has 3 heteroatoms. The van der Waals surface area contributed by atoms with Crippen LogP contribution in [0, 0.1) is 0 Å². The number of allylic oxidation sites excluding steroid dienone is 2. The Balaban J connectivity index is 3.80. The van der Waals surface area contributed by atoms with Gasteiger partial charge in [0.05, 0.1) is 9.52 Å². The average molecular weight is 157 g/mol. The van der Waals surface area contributed by atoms with E-state index in [2.05, 4.69) is 13.0 Å². The molecule has 0 spiro atoms. The summed E-state index contributed by atoms with van der Waals surface area (Å²) in [6.45, 7) is 5.96. The van der Waals surface area contributed by atoms with Crippen LogP contribution in [0.15, 0.2) is 11.3 Å². The molecule has 2 nitrogen and oxygen atoms in total. The van der Waals surface area contributed by atoms with Crippen molar-refractivity contribution in [1.29, 1.82) is 0 Å². The smallest absolute Gasteiger partial charge is 0.217 e. The molecule has 0 aromatic heterocycles. The standard InChI is InChI=1S/C7H15NOSi/c1-4-5(2)10-6(3)7(8)9/h4,6H,10H2,1-3H3,(H2,8,9). The van der Waals surface area contributed by atoms with Gasteiger partial charge in [-0.3, -0.25) is 4.79 Å². The van der Waals surface area contributed by atoms with E-state index in [0.717, 1.165) is 0 Å². The van der Waals surface area contributed by atoms with E-state index in [-0.39, 0.29) is 11.4 Å². The molecule has 1 amide bonds. The second kappa shape index (κ2) is 4.28. The Kier molecular flexibility index (Phi) is 4.03.